The van der Waals surface area contributed by atoms with Crippen LogP contribution < -0.4 is 0 Å². The second-order valence-corrected chi connectivity index (χ2v) is 5.89. The fourth-order valence-corrected chi connectivity index (χ4v) is 2.58. The molecule has 0 aliphatic heterocycles. The lowest BCUT2D eigenvalue weighted by Gasteiger charge is -2.31. The van der Waals surface area contributed by atoms with Crippen LogP contribution in [0.25, 0.3) is 0 Å². The van der Waals surface area contributed by atoms with Crippen molar-refractivity contribution < 1.29 is 19.8 Å². The van der Waals surface area contributed by atoms with E-state index in [0.29, 0.717) is 5.92 Å². The van der Waals surface area contributed by atoms with Crippen LogP contribution in [-0.4, -0.2) is 26.5 Å². The molecule has 0 saturated heterocycles. The summed E-state index contributed by atoms with van der Waals surface area (Å²) in [5, 5.41) is 18.5. The first-order valence-electron chi connectivity index (χ1n) is 5.46. The summed E-state index contributed by atoms with van der Waals surface area (Å²) in [5.74, 6) is -2.37. The Bertz CT molecular complexity index is 447. The second kappa shape index (κ2) is 3.98. The van der Waals surface area contributed by atoms with E-state index < -0.39 is 22.2 Å². The molecule has 0 heterocycles. The molecule has 92 valence electrons. The Morgan fingerprint density at radius 2 is 2.00 bits per heavy atom. The molecule has 1 fully saturated rings. The maximum atomic E-state index is 11.3. The Hall–Kier alpha value is -1.10. The first kappa shape index (κ1) is 12.4. The molecule has 2 unspecified atom stereocenters. The molecule has 0 spiro atoms. The van der Waals surface area contributed by atoms with Gasteiger partial charge in [-0.05, 0) is 24.3 Å². The van der Waals surface area contributed by atoms with E-state index >= 15 is 0 Å². The molecule has 0 amide bonds. The van der Waals surface area contributed by atoms with Gasteiger partial charge in [-0.15, -0.1) is 0 Å². The third-order valence-corrected chi connectivity index (χ3v) is 4.75. The van der Waals surface area contributed by atoms with Gasteiger partial charge in [0.25, 0.3) is 0 Å². The van der Waals surface area contributed by atoms with Crippen LogP contribution in [-0.2, 0) is 9.59 Å². The highest BCUT2D eigenvalue weighted by Gasteiger charge is 2.47. The van der Waals surface area contributed by atoms with Crippen molar-refractivity contribution in [1.29, 1.82) is 0 Å². The fourth-order valence-electron chi connectivity index (χ4n) is 2.22. The van der Waals surface area contributed by atoms with E-state index in [4.69, 9.17) is 0 Å². The number of halogens is 1. The van der Waals surface area contributed by atoms with Crippen LogP contribution in [0.1, 0.15) is 19.8 Å². The van der Waals surface area contributed by atoms with Gasteiger partial charge in [-0.25, -0.2) is 4.79 Å². The molecule has 2 aliphatic carbocycles. The minimum absolute atomic E-state index is 0.231. The summed E-state index contributed by atoms with van der Waals surface area (Å²) in [7, 11) is 0. The Labute approximate surface area is 107 Å². The molecule has 2 N–H and O–H groups in total. The zero-order valence-corrected chi connectivity index (χ0v) is 10.9. The number of hydrogen-bond donors (Lipinski definition) is 2. The third kappa shape index (κ3) is 1.92. The highest BCUT2D eigenvalue weighted by Crippen LogP contribution is 2.47. The average molecular weight is 301 g/mol. The van der Waals surface area contributed by atoms with Gasteiger partial charge in [0.15, 0.2) is 0 Å². The molecule has 2 rings (SSSR count). The molecule has 0 aromatic carbocycles. The maximum absolute atomic E-state index is 11.3. The second-order valence-electron chi connectivity index (χ2n) is 4.58. The van der Waals surface area contributed by atoms with Gasteiger partial charge in [-0.1, -0.05) is 35.0 Å². The predicted octanol–water partition coefficient (Wildman–Crippen LogP) is 2.20. The van der Waals surface area contributed by atoms with E-state index in [2.05, 4.69) is 15.9 Å². The summed E-state index contributed by atoms with van der Waals surface area (Å²) in [6, 6.07) is 0. The van der Waals surface area contributed by atoms with Crippen molar-refractivity contribution in [3.63, 3.8) is 0 Å². The number of carboxylic acids is 2. The largest absolute Gasteiger partial charge is 0.480 e. The highest BCUT2D eigenvalue weighted by atomic mass is 79.9. The molecule has 17 heavy (non-hydrogen) atoms. The fraction of sp³-hybridized carbons (Fsp3) is 0.500. The molecule has 0 aromatic rings. The molecule has 2 aliphatic rings. The molecule has 0 bridgehead atoms. The third-order valence-electron chi connectivity index (χ3n) is 3.45. The van der Waals surface area contributed by atoms with Crippen molar-refractivity contribution in [2.45, 2.75) is 24.1 Å². The zero-order valence-electron chi connectivity index (χ0n) is 9.31. The molecule has 1 saturated carbocycles. The Morgan fingerprint density at radius 3 is 2.41 bits per heavy atom. The summed E-state index contributed by atoms with van der Waals surface area (Å²) in [6.07, 6.45) is 5.20. The Kier molecular flexibility index (Phi) is 2.89. The van der Waals surface area contributed by atoms with Crippen molar-refractivity contribution in [2.24, 2.45) is 11.8 Å². The van der Waals surface area contributed by atoms with Gasteiger partial charge in [0.05, 0.1) is 0 Å². The summed E-state index contributed by atoms with van der Waals surface area (Å²) in [6.45, 7) is 1.64. The number of alkyl halides is 1. The van der Waals surface area contributed by atoms with E-state index in [1.807, 2.05) is 0 Å². The van der Waals surface area contributed by atoms with E-state index in [9.17, 15) is 19.8 Å². The summed E-state index contributed by atoms with van der Waals surface area (Å²) >= 11 is 3.15. The van der Waals surface area contributed by atoms with E-state index in [0.717, 1.165) is 18.4 Å². The van der Waals surface area contributed by atoms with E-state index in [1.54, 1.807) is 19.1 Å². The van der Waals surface area contributed by atoms with Crippen molar-refractivity contribution in [2.75, 3.05) is 0 Å². The number of hydrogen-bond acceptors (Lipinski definition) is 2. The minimum atomic E-state index is -1.31. The van der Waals surface area contributed by atoms with Gasteiger partial charge in [0.1, 0.15) is 4.32 Å². The van der Waals surface area contributed by atoms with Gasteiger partial charge in [0.2, 0.25) is 0 Å². The van der Waals surface area contributed by atoms with Crippen molar-refractivity contribution in [3.05, 3.63) is 23.3 Å². The van der Waals surface area contributed by atoms with E-state index in [-0.39, 0.29) is 5.57 Å². The van der Waals surface area contributed by atoms with Crippen molar-refractivity contribution >= 4 is 27.9 Å². The smallest absolute Gasteiger partial charge is 0.332 e. The van der Waals surface area contributed by atoms with Crippen LogP contribution in [0.15, 0.2) is 23.3 Å². The predicted molar refractivity (Wildman–Crippen MR) is 65.0 cm³/mol. The van der Waals surface area contributed by atoms with Crippen LogP contribution in [0.2, 0.25) is 0 Å². The topological polar surface area (TPSA) is 74.6 Å². The normalized spacial score (nSPS) is 32.7. The van der Waals surface area contributed by atoms with Gasteiger partial charge >= 0.3 is 11.9 Å². The molecule has 0 radical (unpaired) electrons. The number of carboxylic acid groups (broad SMARTS) is 2. The van der Waals surface area contributed by atoms with Crippen molar-refractivity contribution in [3.8, 4) is 0 Å². The molecular formula is C12H13BrO4. The first-order chi connectivity index (χ1) is 7.88. The molecule has 2 atom stereocenters. The Balaban J connectivity index is 2.47. The lowest BCUT2D eigenvalue weighted by Crippen LogP contribution is -2.41. The van der Waals surface area contributed by atoms with E-state index in [1.165, 1.54) is 0 Å². The summed E-state index contributed by atoms with van der Waals surface area (Å²) in [4.78, 5) is 22.5. The highest BCUT2D eigenvalue weighted by molar-refractivity contribution is 9.10. The van der Waals surface area contributed by atoms with Crippen LogP contribution >= 0.6 is 15.9 Å². The number of rotatable bonds is 3. The average Bonchev–Trinajstić information content (AvgIpc) is 3.04. The molecule has 5 heteroatoms. The summed E-state index contributed by atoms with van der Waals surface area (Å²) < 4.78 is -1.31. The van der Waals surface area contributed by atoms with Gasteiger partial charge < -0.3 is 10.2 Å². The zero-order chi connectivity index (χ0) is 12.8. The maximum Gasteiger partial charge on any atom is 0.332 e. The quantitative estimate of drug-likeness (QED) is 0.784. The first-order valence-corrected chi connectivity index (χ1v) is 6.26. The minimum Gasteiger partial charge on any atom is -0.480 e. The molecular weight excluding hydrogens is 288 g/mol. The van der Waals surface area contributed by atoms with Gasteiger partial charge in [-0.2, -0.15) is 0 Å². The molecule has 0 aromatic heterocycles. The lowest BCUT2D eigenvalue weighted by atomic mass is 9.79. The Morgan fingerprint density at radius 1 is 1.41 bits per heavy atom. The molecule has 4 nitrogen and oxygen atoms in total. The van der Waals surface area contributed by atoms with Crippen LogP contribution in [0.4, 0.5) is 0 Å². The number of carbonyl (C=O) groups is 2. The van der Waals surface area contributed by atoms with Gasteiger partial charge in [0, 0.05) is 11.5 Å². The van der Waals surface area contributed by atoms with Crippen molar-refractivity contribution in [1.82, 2.24) is 0 Å². The lowest BCUT2D eigenvalue weighted by molar-refractivity contribution is -0.139. The van der Waals surface area contributed by atoms with Crippen LogP contribution in [0.3, 0.4) is 0 Å². The number of aliphatic carboxylic acids is 2. The monoisotopic (exact) mass is 300 g/mol. The van der Waals surface area contributed by atoms with Gasteiger partial charge in [-0.3, -0.25) is 4.79 Å². The summed E-state index contributed by atoms with van der Waals surface area (Å²) in [5.41, 5.74) is 1.02. The number of allylic oxidation sites excluding steroid dienone is 2. The van der Waals surface area contributed by atoms with Crippen LogP contribution in [0, 0.1) is 11.8 Å². The van der Waals surface area contributed by atoms with Crippen LogP contribution in [0.5, 0.6) is 0 Å². The SMILES string of the molecule is CC1C(C(=O)O)=C(C2CC2)C=CC1(Br)C(=O)O. The standard InChI is InChI=1S/C12H13BrO4/c1-6-9(10(14)15)8(7-2-3-7)4-5-12(6,13)11(16)17/h4-7H,2-3H2,1H3,(H,14,15)(H,16,17).